The highest BCUT2D eigenvalue weighted by Gasteiger charge is 2.37. The van der Waals surface area contributed by atoms with Crippen LogP contribution in [0.4, 0.5) is 0 Å². The molecule has 0 spiro atoms. The van der Waals surface area contributed by atoms with Crippen molar-refractivity contribution < 1.29 is 4.79 Å². The molecule has 1 nitrogen and oxygen atoms in total. The first-order valence-electron chi connectivity index (χ1n) is 6.98. The molecule has 0 amide bonds. The average Bonchev–Trinajstić information content (AvgIpc) is 3.26. The Balaban J connectivity index is 1.51. The highest BCUT2D eigenvalue weighted by Crippen LogP contribution is 2.50. The van der Waals surface area contributed by atoms with Gasteiger partial charge < -0.3 is 0 Å². The lowest BCUT2D eigenvalue weighted by Crippen LogP contribution is -1.99. The van der Waals surface area contributed by atoms with E-state index in [4.69, 9.17) is 0 Å². The van der Waals surface area contributed by atoms with Crippen molar-refractivity contribution in [3.05, 3.63) is 71.8 Å². The Kier molecular flexibility index (Phi) is 3.45. The minimum atomic E-state index is 0.277. The molecule has 0 heterocycles. The van der Waals surface area contributed by atoms with E-state index < -0.39 is 0 Å². The molecule has 0 radical (unpaired) electrons. The molecule has 1 fully saturated rings. The second-order valence-corrected chi connectivity index (χ2v) is 5.34. The van der Waals surface area contributed by atoms with Gasteiger partial charge in [0.05, 0.1) is 0 Å². The Morgan fingerprint density at radius 3 is 2.26 bits per heavy atom. The summed E-state index contributed by atoms with van der Waals surface area (Å²) in [6.45, 7) is 0. The summed E-state index contributed by atoms with van der Waals surface area (Å²) in [6.07, 6.45) is 2.94. The molecule has 1 aliphatic rings. The maximum Gasteiger partial charge on any atom is 0.162 e. The minimum Gasteiger partial charge on any atom is -0.294 e. The summed E-state index contributed by atoms with van der Waals surface area (Å²) >= 11 is 0. The van der Waals surface area contributed by atoms with E-state index in [9.17, 15) is 4.79 Å². The number of ketones is 1. The number of hydrogen-bond donors (Lipinski definition) is 0. The Bertz CT molecular complexity index is 544. The molecule has 1 heteroatoms. The predicted octanol–water partition coefficient (Wildman–Crippen LogP) is 4.45. The molecule has 2 atom stereocenters. The summed E-state index contributed by atoms with van der Waals surface area (Å²) < 4.78 is 0. The summed E-state index contributed by atoms with van der Waals surface area (Å²) in [5.74, 6) is 1.67. The van der Waals surface area contributed by atoms with Gasteiger partial charge in [0.15, 0.2) is 5.78 Å². The number of rotatable bonds is 5. The van der Waals surface area contributed by atoms with Gasteiger partial charge in [-0.3, -0.25) is 4.79 Å². The molecule has 0 aliphatic heterocycles. The van der Waals surface area contributed by atoms with Crippen molar-refractivity contribution in [2.45, 2.75) is 25.2 Å². The van der Waals surface area contributed by atoms with E-state index in [-0.39, 0.29) is 5.78 Å². The van der Waals surface area contributed by atoms with Gasteiger partial charge >= 0.3 is 0 Å². The maximum absolute atomic E-state index is 12.0. The molecule has 0 bridgehead atoms. The van der Waals surface area contributed by atoms with Crippen LogP contribution in [0.25, 0.3) is 0 Å². The second kappa shape index (κ2) is 5.40. The molecule has 0 saturated heterocycles. The topological polar surface area (TPSA) is 17.1 Å². The van der Waals surface area contributed by atoms with Crippen LogP contribution in [0.2, 0.25) is 0 Å². The third-order valence-corrected chi connectivity index (χ3v) is 3.99. The number of Topliss-reactive ketones (excluding diaryl/α,β-unsaturated/α-hetero) is 1. The van der Waals surface area contributed by atoms with Crippen LogP contribution in [0, 0.1) is 5.92 Å². The van der Waals surface area contributed by atoms with Gasteiger partial charge in [0.2, 0.25) is 0 Å². The first kappa shape index (κ1) is 12.2. The Morgan fingerprint density at radius 1 is 0.947 bits per heavy atom. The SMILES string of the molecule is O=C(CCC1CC1c1ccccc1)c1ccccc1. The van der Waals surface area contributed by atoms with Crippen LogP contribution >= 0.6 is 0 Å². The Labute approximate surface area is 114 Å². The quantitative estimate of drug-likeness (QED) is 0.716. The molecular formula is C18H18O. The zero-order valence-corrected chi connectivity index (χ0v) is 11.0. The van der Waals surface area contributed by atoms with Crippen LogP contribution in [-0.2, 0) is 0 Å². The van der Waals surface area contributed by atoms with Gasteiger partial charge in [0.1, 0.15) is 0 Å². The highest BCUT2D eigenvalue weighted by atomic mass is 16.1. The van der Waals surface area contributed by atoms with Gasteiger partial charge in [-0.2, -0.15) is 0 Å². The molecule has 2 unspecified atom stereocenters. The number of carbonyl (C=O) groups excluding carboxylic acids is 1. The second-order valence-electron chi connectivity index (χ2n) is 5.34. The summed E-state index contributed by atoms with van der Waals surface area (Å²) in [5, 5.41) is 0. The first-order valence-corrected chi connectivity index (χ1v) is 6.98. The molecule has 3 rings (SSSR count). The highest BCUT2D eigenvalue weighted by molar-refractivity contribution is 5.95. The minimum absolute atomic E-state index is 0.277. The zero-order chi connectivity index (χ0) is 13.1. The fraction of sp³-hybridized carbons (Fsp3) is 0.278. The third-order valence-electron chi connectivity index (χ3n) is 3.99. The average molecular weight is 250 g/mol. The van der Waals surface area contributed by atoms with Crippen molar-refractivity contribution in [3.8, 4) is 0 Å². The van der Waals surface area contributed by atoms with Gasteiger partial charge in [-0.25, -0.2) is 0 Å². The molecule has 0 N–H and O–H groups in total. The van der Waals surface area contributed by atoms with Gasteiger partial charge in [0, 0.05) is 12.0 Å². The summed E-state index contributed by atoms with van der Waals surface area (Å²) in [5.41, 5.74) is 2.28. The van der Waals surface area contributed by atoms with Crippen molar-refractivity contribution in [2.75, 3.05) is 0 Å². The summed E-state index contributed by atoms with van der Waals surface area (Å²) in [4.78, 5) is 12.0. The van der Waals surface area contributed by atoms with Gasteiger partial charge in [0.25, 0.3) is 0 Å². The molecule has 2 aromatic rings. The molecule has 2 aromatic carbocycles. The Morgan fingerprint density at radius 2 is 1.58 bits per heavy atom. The fourth-order valence-corrected chi connectivity index (χ4v) is 2.76. The molecular weight excluding hydrogens is 232 g/mol. The van der Waals surface area contributed by atoms with Crippen LogP contribution in [0.5, 0.6) is 0 Å². The first-order chi connectivity index (χ1) is 9.34. The maximum atomic E-state index is 12.0. The van der Waals surface area contributed by atoms with E-state index in [2.05, 4.69) is 30.3 Å². The van der Waals surface area contributed by atoms with E-state index >= 15 is 0 Å². The smallest absolute Gasteiger partial charge is 0.162 e. The van der Waals surface area contributed by atoms with E-state index in [1.807, 2.05) is 30.3 Å². The summed E-state index contributed by atoms with van der Waals surface area (Å²) in [6, 6.07) is 20.3. The van der Waals surface area contributed by atoms with Crippen LogP contribution in [0.15, 0.2) is 60.7 Å². The molecule has 19 heavy (non-hydrogen) atoms. The number of benzene rings is 2. The number of carbonyl (C=O) groups is 1. The van der Waals surface area contributed by atoms with Crippen molar-refractivity contribution in [3.63, 3.8) is 0 Å². The van der Waals surface area contributed by atoms with Crippen LogP contribution in [-0.4, -0.2) is 5.78 Å². The fourth-order valence-electron chi connectivity index (χ4n) is 2.76. The van der Waals surface area contributed by atoms with Gasteiger partial charge in [-0.05, 0) is 30.2 Å². The van der Waals surface area contributed by atoms with Gasteiger partial charge in [-0.15, -0.1) is 0 Å². The predicted molar refractivity (Wildman–Crippen MR) is 77.3 cm³/mol. The van der Waals surface area contributed by atoms with Gasteiger partial charge in [-0.1, -0.05) is 60.7 Å². The van der Waals surface area contributed by atoms with Crippen molar-refractivity contribution in [1.29, 1.82) is 0 Å². The monoisotopic (exact) mass is 250 g/mol. The van der Waals surface area contributed by atoms with E-state index in [0.29, 0.717) is 18.3 Å². The largest absolute Gasteiger partial charge is 0.294 e. The van der Waals surface area contributed by atoms with Crippen LogP contribution < -0.4 is 0 Å². The lowest BCUT2D eigenvalue weighted by atomic mass is 10.0. The Hall–Kier alpha value is -1.89. The van der Waals surface area contributed by atoms with E-state index in [1.165, 1.54) is 12.0 Å². The molecule has 1 aliphatic carbocycles. The normalized spacial score (nSPS) is 21.1. The number of hydrogen-bond acceptors (Lipinski definition) is 1. The zero-order valence-electron chi connectivity index (χ0n) is 11.0. The summed E-state index contributed by atoms with van der Waals surface area (Å²) in [7, 11) is 0. The molecule has 1 saturated carbocycles. The molecule has 96 valence electrons. The van der Waals surface area contributed by atoms with E-state index in [0.717, 1.165) is 12.0 Å². The van der Waals surface area contributed by atoms with Crippen molar-refractivity contribution >= 4 is 5.78 Å². The standard InChI is InChI=1S/C18H18O/c19-18(15-9-5-2-6-10-15)12-11-16-13-17(16)14-7-3-1-4-8-14/h1-10,16-17H,11-13H2. The van der Waals surface area contributed by atoms with E-state index in [1.54, 1.807) is 0 Å². The van der Waals surface area contributed by atoms with Crippen molar-refractivity contribution in [1.82, 2.24) is 0 Å². The molecule has 0 aromatic heterocycles. The lowest BCUT2D eigenvalue weighted by molar-refractivity contribution is 0.0978. The lowest BCUT2D eigenvalue weighted by Gasteiger charge is -2.01. The van der Waals surface area contributed by atoms with Crippen LogP contribution in [0.3, 0.4) is 0 Å². The third kappa shape index (κ3) is 2.93. The van der Waals surface area contributed by atoms with Crippen molar-refractivity contribution in [2.24, 2.45) is 5.92 Å². The van der Waals surface area contributed by atoms with Crippen LogP contribution in [0.1, 0.15) is 41.1 Å².